The Balaban J connectivity index is 2.41. The topological polar surface area (TPSA) is 75.0 Å². The van der Waals surface area contributed by atoms with Crippen LogP contribution in [0.1, 0.15) is 33.6 Å². The number of piperidine rings is 1. The molecule has 2 amide bonds. The van der Waals surface area contributed by atoms with Crippen molar-refractivity contribution < 1.29 is 14.5 Å². The van der Waals surface area contributed by atoms with E-state index in [1.54, 1.807) is 0 Å². The first kappa shape index (κ1) is 14.6. The molecule has 3 N–H and O–H groups in total. The number of hydrogen-bond donors (Lipinski definition) is 3. The summed E-state index contributed by atoms with van der Waals surface area (Å²) in [7, 11) is 2.13. The van der Waals surface area contributed by atoms with Gasteiger partial charge in [-0.05, 0) is 20.8 Å². The van der Waals surface area contributed by atoms with E-state index in [0.717, 1.165) is 31.6 Å². The Labute approximate surface area is 108 Å². The summed E-state index contributed by atoms with van der Waals surface area (Å²) in [6.07, 6.45) is 1.74. The summed E-state index contributed by atoms with van der Waals surface area (Å²) in [4.78, 5) is 24.4. The minimum Gasteiger partial charge on any atom is -0.343 e. The maximum Gasteiger partial charge on any atom is 0.329 e. The Morgan fingerprint density at radius 1 is 1.17 bits per heavy atom. The number of rotatable bonds is 1. The van der Waals surface area contributed by atoms with Crippen LogP contribution in [0.3, 0.4) is 0 Å². The lowest BCUT2D eigenvalue weighted by molar-refractivity contribution is -0.880. The Hall–Kier alpha value is -1.43. The molecule has 0 aromatic carbocycles. The van der Waals surface area contributed by atoms with Gasteiger partial charge in [0.2, 0.25) is 0 Å². The largest absolute Gasteiger partial charge is 0.343 e. The van der Waals surface area contributed by atoms with Crippen LogP contribution in [-0.4, -0.2) is 43.2 Å². The normalized spacial score (nSPS) is 20.2. The molecule has 1 saturated heterocycles. The number of likely N-dealkylation sites (tertiary alicyclic amines) is 1. The van der Waals surface area contributed by atoms with Crippen LogP contribution in [0.25, 0.3) is 0 Å². The molecule has 0 atom stereocenters. The Morgan fingerprint density at radius 3 is 2.22 bits per heavy atom. The fraction of sp³-hybridized carbons (Fsp3) is 0.750. The smallest absolute Gasteiger partial charge is 0.329 e. The molecule has 0 unspecified atom stereocenters. The second-order valence-corrected chi connectivity index (χ2v) is 5.78. The molecule has 0 saturated carbocycles. The van der Waals surface area contributed by atoms with Gasteiger partial charge < -0.3 is 10.2 Å². The number of nitrogens with one attached hydrogen (secondary N) is 3. The van der Waals surface area contributed by atoms with E-state index in [9.17, 15) is 9.59 Å². The molecule has 0 aromatic rings. The molecule has 1 fully saturated rings. The molecule has 0 spiro atoms. The molecule has 0 aliphatic carbocycles. The highest BCUT2D eigenvalue weighted by Gasteiger charge is 2.20. The molecular weight excluding hydrogens is 232 g/mol. The van der Waals surface area contributed by atoms with Crippen molar-refractivity contribution in [2.75, 3.05) is 20.1 Å². The molecule has 1 rings (SSSR count). The van der Waals surface area contributed by atoms with Crippen LogP contribution in [0.5, 0.6) is 0 Å². The van der Waals surface area contributed by atoms with Crippen molar-refractivity contribution in [3.63, 3.8) is 0 Å². The van der Waals surface area contributed by atoms with Crippen molar-refractivity contribution in [3.8, 4) is 0 Å². The predicted molar refractivity (Wildman–Crippen MR) is 69.3 cm³/mol. The summed E-state index contributed by atoms with van der Waals surface area (Å²) >= 11 is 0. The molecule has 1 aliphatic rings. The van der Waals surface area contributed by atoms with E-state index >= 15 is 0 Å². The van der Waals surface area contributed by atoms with E-state index in [1.165, 1.54) is 4.90 Å². The summed E-state index contributed by atoms with van der Waals surface area (Å²) in [5.41, 5.74) is 2.86. The average molecular weight is 255 g/mol. The Kier molecular flexibility index (Phi) is 4.84. The van der Waals surface area contributed by atoms with Gasteiger partial charge in [0.25, 0.3) is 0 Å². The third kappa shape index (κ3) is 5.27. The SMILES string of the molecule is C[NH+]1CCC(=NNC(=O)C(=O)NC(C)(C)C)CC1. The summed E-state index contributed by atoms with van der Waals surface area (Å²) in [5, 5.41) is 6.60. The fourth-order valence-electron chi connectivity index (χ4n) is 1.66. The maximum atomic E-state index is 11.5. The first-order valence-electron chi connectivity index (χ1n) is 6.27. The molecule has 1 heterocycles. The van der Waals surface area contributed by atoms with Crippen molar-refractivity contribution in [1.29, 1.82) is 0 Å². The number of hydrazone groups is 1. The minimum atomic E-state index is -0.705. The van der Waals surface area contributed by atoms with Gasteiger partial charge in [-0.3, -0.25) is 9.59 Å². The van der Waals surface area contributed by atoms with Crippen molar-refractivity contribution in [1.82, 2.24) is 10.7 Å². The van der Waals surface area contributed by atoms with Gasteiger partial charge in [-0.2, -0.15) is 5.10 Å². The molecule has 0 aromatic heterocycles. The zero-order valence-electron chi connectivity index (χ0n) is 11.6. The quantitative estimate of drug-likeness (QED) is 0.402. The average Bonchev–Trinajstić information content (AvgIpc) is 2.25. The molecular formula is C12H23N4O2+. The van der Waals surface area contributed by atoms with Gasteiger partial charge in [0.15, 0.2) is 0 Å². The van der Waals surface area contributed by atoms with E-state index < -0.39 is 17.4 Å². The molecule has 0 bridgehead atoms. The van der Waals surface area contributed by atoms with Crippen molar-refractivity contribution >= 4 is 17.5 Å². The highest BCUT2D eigenvalue weighted by molar-refractivity contribution is 6.35. The van der Waals surface area contributed by atoms with Gasteiger partial charge >= 0.3 is 11.8 Å². The summed E-state index contributed by atoms with van der Waals surface area (Å²) in [6.45, 7) is 7.50. The second-order valence-electron chi connectivity index (χ2n) is 5.78. The van der Waals surface area contributed by atoms with Gasteiger partial charge in [0.05, 0.1) is 20.1 Å². The number of quaternary nitrogens is 1. The number of hydrogen-bond acceptors (Lipinski definition) is 3. The molecule has 1 aliphatic heterocycles. The van der Waals surface area contributed by atoms with Crippen LogP contribution in [-0.2, 0) is 9.59 Å². The lowest BCUT2D eigenvalue weighted by Crippen LogP contribution is -3.10. The molecule has 18 heavy (non-hydrogen) atoms. The van der Waals surface area contributed by atoms with Crippen LogP contribution in [0.4, 0.5) is 0 Å². The van der Waals surface area contributed by atoms with Gasteiger partial charge in [-0.25, -0.2) is 5.43 Å². The highest BCUT2D eigenvalue weighted by atomic mass is 16.2. The maximum absolute atomic E-state index is 11.5. The first-order chi connectivity index (χ1) is 8.28. The van der Waals surface area contributed by atoms with Crippen LogP contribution in [0.2, 0.25) is 0 Å². The van der Waals surface area contributed by atoms with Crippen LogP contribution < -0.4 is 15.6 Å². The lowest BCUT2D eigenvalue weighted by atomic mass is 10.1. The van der Waals surface area contributed by atoms with Gasteiger partial charge in [-0.15, -0.1) is 0 Å². The molecule has 6 heteroatoms. The summed E-state index contributed by atoms with van der Waals surface area (Å²) < 4.78 is 0. The van der Waals surface area contributed by atoms with E-state index in [2.05, 4.69) is 22.9 Å². The van der Waals surface area contributed by atoms with Gasteiger partial charge in [-0.1, -0.05) is 0 Å². The predicted octanol–water partition coefficient (Wildman–Crippen LogP) is -1.32. The van der Waals surface area contributed by atoms with E-state index in [-0.39, 0.29) is 0 Å². The second kappa shape index (κ2) is 5.95. The summed E-state index contributed by atoms with van der Waals surface area (Å²) in [6, 6.07) is 0. The molecule has 6 nitrogen and oxygen atoms in total. The fourth-order valence-corrected chi connectivity index (χ4v) is 1.66. The zero-order chi connectivity index (χ0) is 13.8. The highest BCUT2D eigenvalue weighted by Crippen LogP contribution is 1.98. The van der Waals surface area contributed by atoms with Crippen LogP contribution in [0, 0.1) is 0 Å². The molecule has 0 radical (unpaired) electrons. The third-order valence-electron chi connectivity index (χ3n) is 2.69. The van der Waals surface area contributed by atoms with E-state index in [0.29, 0.717) is 0 Å². The van der Waals surface area contributed by atoms with Gasteiger partial charge in [0, 0.05) is 24.1 Å². The number of carbonyl (C=O) groups is 2. The van der Waals surface area contributed by atoms with Crippen LogP contribution in [0.15, 0.2) is 5.10 Å². The van der Waals surface area contributed by atoms with E-state index in [1.807, 2.05) is 20.8 Å². The lowest BCUT2D eigenvalue weighted by Gasteiger charge is -2.21. The Bertz CT molecular complexity index is 348. The standard InChI is InChI=1S/C12H22N4O2/c1-12(2,3)13-10(17)11(18)15-14-9-5-7-16(4)8-6-9/h5-8H2,1-4H3,(H,13,17)(H,15,18)/p+1. The van der Waals surface area contributed by atoms with E-state index in [4.69, 9.17) is 0 Å². The Morgan fingerprint density at radius 2 is 1.72 bits per heavy atom. The summed E-state index contributed by atoms with van der Waals surface area (Å²) in [5.74, 6) is -1.35. The van der Waals surface area contributed by atoms with Gasteiger partial charge in [0.1, 0.15) is 0 Å². The first-order valence-corrected chi connectivity index (χ1v) is 6.27. The van der Waals surface area contributed by atoms with Crippen molar-refractivity contribution in [2.24, 2.45) is 5.10 Å². The monoisotopic (exact) mass is 255 g/mol. The number of amides is 2. The van der Waals surface area contributed by atoms with Crippen LogP contribution >= 0.6 is 0 Å². The number of nitrogens with zero attached hydrogens (tertiary/aromatic N) is 1. The minimum absolute atomic E-state index is 0.418. The van der Waals surface area contributed by atoms with Crippen molar-refractivity contribution in [3.05, 3.63) is 0 Å². The molecule has 102 valence electrons. The zero-order valence-corrected chi connectivity index (χ0v) is 11.6. The number of carbonyl (C=O) groups excluding carboxylic acids is 2. The van der Waals surface area contributed by atoms with Crippen molar-refractivity contribution in [2.45, 2.75) is 39.2 Å². The third-order valence-corrected chi connectivity index (χ3v) is 2.69.